The molecular weight excluding hydrogens is 526 g/mol. The number of rotatable bonds is 17. The van der Waals surface area contributed by atoms with E-state index in [4.69, 9.17) is 22.3 Å². The van der Waals surface area contributed by atoms with Crippen LogP contribution in [0.2, 0.25) is 0 Å². The molecule has 0 saturated heterocycles. The number of carboxylic acids is 2. The number of amides is 3. The Morgan fingerprint density at radius 2 is 1.43 bits per heavy atom. The molecule has 1 rings (SSSR count). The second-order valence-electron chi connectivity index (χ2n) is 9.68. The van der Waals surface area contributed by atoms with E-state index in [0.717, 1.165) is 0 Å². The molecule has 4 atom stereocenters. The van der Waals surface area contributed by atoms with Crippen LogP contribution in [0, 0.1) is 5.92 Å². The van der Waals surface area contributed by atoms with Crippen molar-refractivity contribution in [3.8, 4) is 5.75 Å². The Labute approximate surface area is 231 Å². The van der Waals surface area contributed by atoms with Gasteiger partial charge in [-0.25, -0.2) is 4.79 Å². The summed E-state index contributed by atoms with van der Waals surface area (Å²) in [6.07, 6.45) is -0.311. The van der Waals surface area contributed by atoms with Crippen LogP contribution >= 0.6 is 0 Å². The molecular formula is C25H39N7O8. The van der Waals surface area contributed by atoms with Crippen LogP contribution in [-0.2, 0) is 30.4 Å². The number of carboxylic acid groups (broad SMARTS) is 2. The van der Waals surface area contributed by atoms with E-state index < -0.39 is 60.2 Å². The zero-order valence-electron chi connectivity index (χ0n) is 22.5. The van der Waals surface area contributed by atoms with Gasteiger partial charge >= 0.3 is 11.9 Å². The number of hydrogen-bond donors (Lipinski definition) is 9. The predicted molar refractivity (Wildman–Crippen MR) is 145 cm³/mol. The maximum Gasteiger partial charge on any atom is 0.326 e. The molecule has 0 heterocycles. The lowest BCUT2D eigenvalue weighted by Gasteiger charge is -2.26. The smallest absolute Gasteiger partial charge is 0.326 e. The van der Waals surface area contributed by atoms with Crippen LogP contribution in [0.1, 0.15) is 45.1 Å². The van der Waals surface area contributed by atoms with Crippen molar-refractivity contribution in [3.05, 3.63) is 29.8 Å². The quantitative estimate of drug-likeness (QED) is 0.0587. The van der Waals surface area contributed by atoms with Crippen LogP contribution in [0.15, 0.2) is 29.3 Å². The molecule has 1 aromatic rings. The lowest BCUT2D eigenvalue weighted by molar-refractivity contribution is -0.142. The van der Waals surface area contributed by atoms with Crippen molar-refractivity contribution in [1.82, 2.24) is 16.0 Å². The van der Waals surface area contributed by atoms with Gasteiger partial charge < -0.3 is 48.5 Å². The average Bonchev–Trinajstić information content (AvgIpc) is 2.85. The minimum atomic E-state index is -1.40. The number of carbonyl (C=O) groups is 5. The molecule has 0 radical (unpaired) electrons. The second-order valence-corrected chi connectivity index (χ2v) is 9.68. The molecule has 0 aliphatic carbocycles. The molecule has 0 fully saturated rings. The molecule has 0 aromatic heterocycles. The molecule has 0 spiro atoms. The molecule has 15 heteroatoms. The van der Waals surface area contributed by atoms with Gasteiger partial charge in [0.25, 0.3) is 0 Å². The van der Waals surface area contributed by atoms with Gasteiger partial charge in [-0.3, -0.25) is 24.2 Å². The van der Waals surface area contributed by atoms with Gasteiger partial charge in [-0.15, -0.1) is 0 Å². The van der Waals surface area contributed by atoms with Crippen LogP contribution in [-0.4, -0.2) is 81.7 Å². The lowest BCUT2D eigenvalue weighted by Crippen LogP contribution is -2.58. The molecule has 1 aromatic carbocycles. The van der Waals surface area contributed by atoms with Gasteiger partial charge in [-0.2, -0.15) is 0 Å². The SMILES string of the molecule is CC(C)CC(NC(=O)C(N)CC(=O)O)C(=O)NC(Cc1ccc(O)cc1)C(=O)NC(CCCN=C(N)N)C(=O)O. The zero-order chi connectivity index (χ0) is 30.4. The molecule has 3 amide bonds. The Hall–Kier alpha value is -4.40. The van der Waals surface area contributed by atoms with Crippen molar-refractivity contribution in [2.24, 2.45) is 28.1 Å². The Balaban J connectivity index is 3.14. The Morgan fingerprint density at radius 3 is 1.95 bits per heavy atom. The summed E-state index contributed by atoms with van der Waals surface area (Å²) < 4.78 is 0. The monoisotopic (exact) mass is 565 g/mol. The summed E-state index contributed by atoms with van der Waals surface area (Å²) in [5.74, 6) is -5.24. The lowest BCUT2D eigenvalue weighted by atomic mass is 10.00. The molecule has 0 aliphatic rings. The van der Waals surface area contributed by atoms with E-state index in [-0.39, 0.29) is 49.9 Å². The number of hydrogen-bond acceptors (Lipinski definition) is 8. The van der Waals surface area contributed by atoms with E-state index in [2.05, 4.69) is 20.9 Å². The predicted octanol–water partition coefficient (Wildman–Crippen LogP) is -1.62. The first-order valence-electron chi connectivity index (χ1n) is 12.6. The first-order chi connectivity index (χ1) is 18.7. The summed E-state index contributed by atoms with van der Waals surface area (Å²) >= 11 is 0. The van der Waals surface area contributed by atoms with Gasteiger partial charge in [-0.1, -0.05) is 26.0 Å². The number of carbonyl (C=O) groups excluding carboxylic acids is 3. The Kier molecular flexibility index (Phi) is 13.9. The third kappa shape index (κ3) is 12.9. The van der Waals surface area contributed by atoms with Gasteiger partial charge in [0.05, 0.1) is 12.5 Å². The number of aliphatic carboxylic acids is 2. The fourth-order valence-corrected chi connectivity index (χ4v) is 3.65. The first kappa shape index (κ1) is 33.6. The van der Waals surface area contributed by atoms with Gasteiger partial charge in [-0.05, 0) is 42.9 Å². The number of benzene rings is 1. The molecule has 0 saturated carbocycles. The fourth-order valence-electron chi connectivity index (χ4n) is 3.65. The van der Waals surface area contributed by atoms with Crippen molar-refractivity contribution in [3.63, 3.8) is 0 Å². The van der Waals surface area contributed by atoms with E-state index in [1.54, 1.807) is 13.8 Å². The van der Waals surface area contributed by atoms with E-state index in [1.165, 1.54) is 24.3 Å². The molecule has 4 unspecified atom stereocenters. The molecule has 0 aliphatic heterocycles. The highest BCUT2D eigenvalue weighted by atomic mass is 16.4. The van der Waals surface area contributed by atoms with E-state index in [1.807, 2.05) is 0 Å². The second kappa shape index (κ2) is 16.5. The van der Waals surface area contributed by atoms with Crippen molar-refractivity contribution in [2.45, 2.75) is 70.1 Å². The minimum absolute atomic E-state index is 0.00519. The van der Waals surface area contributed by atoms with Crippen LogP contribution in [0.4, 0.5) is 0 Å². The molecule has 15 nitrogen and oxygen atoms in total. The number of phenolic OH excluding ortho intramolecular Hbond substituents is 1. The third-order valence-electron chi connectivity index (χ3n) is 5.64. The van der Waals surface area contributed by atoms with E-state index in [0.29, 0.717) is 5.56 Å². The topological polar surface area (TPSA) is 273 Å². The number of guanidine groups is 1. The van der Waals surface area contributed by atoms with Crippen LogP contribution in [0.5, 0.6) is 5.75 Å². The van der Waals surface area contributed by atoms with Crippen LogP contribution < -0.4 is 33.2 Å². The van der Waals surface area contributed by atoms with Crippen molar-refractivity contribution < 1.29 is 39.3 Å². The summed E-state index contributed by atoms with van der Waals surface area (Å²) in [5.41, 5.74) is 16.7. The average molecular weight is 566 g/mol. The highest BCUT2D eigenvalue weighted by Gasteiger charge is 2.31. The fraction of sp³-hybridized carbons (Fsp3) is 0.520. The summed E-state index contributed by atoms with van der Waals surface area (Å²) in [5, 5.41) is 35.5. The van der Waals surface area contributed by atoms with E-state index in [9.17, 15) is 34.2 Å². The highest BCUT2D eigenvalue weighted by Crippen LogP contribution is 2.13. The number of nitrogens with one attached hydrogen (secondary N) is 3. The molecule has 0 bridgehead atoms. The van der Waals surface area contributed by atoms with Crippen LogP contribution in [0.3, 0.4) is 0 Å². The van der Waals surface area contributed by atoms with Gasteiger partial charge in [0, 0.05) is 13.0 Å². The van der Waals surface area contributed by atoms with Gasteiger partial charge in [0.1, 0.15) is 23.9 Å². The summed E-state index contributed by atoms with van der Waals surface area (Å²) in [4.78, 5) is 65.4. The van der Waals surface area contributed by atoms with Crippen molar-refractivity contribution in [1.29, 1.82) is 0 Å². The van der Waals surface area contributed by atoms with Crippen molar-refractivity contribution in [2.75, 3.05) is 6.54 Å². The number of aliphatic imine (C=N–C) groups is 1. The maximum absolute atomic E-state index is 13.3. The normalized spacial score (nSPS) is 13.8. The Morgan fingerprint density at radius 1 is 0.875 bits per heavy atom. The number of nitrogens with two attached hydrogens (primary N) is 3. The number of nitrogens with zero attached hydrogens (tertiary/aromatic N) is 1. The minimum Gasteiger partial charge on any atom is -0.508 e. The van der Waals surface area contributed by atoms with Gasteiger partial charge in [0.2, 0.25) is 17.7 Å². The maximum atomic E-state index is 13.3. The largest absolute Gasteiger partial charge is 0.508 e. The number of aromatic hydroxyl groups is 1. The van der Waals surface area contributed by atoms with E-state index >= 15 is 0 Å². The molecule has 40 heavy (non-hydrogen) atoms. The summed E-state index contributed by atoms with van der Waals surface area (Å²) in [7, 11) is 0. The zero-order valence-corrected chi connectivity index (χ0v) is 22.5. The van der Waals surface area contributed by atoms with Crippen LogP contribution in [0.25, 0.3) is 0 Å². The first-order valence-corrected chi connectivity index (χ1v) is 12.6. The third-order valence-corrected chi connectivity index (χ3v) is 5.64. The summed E-state index contributed by atoms with van der Waals surface area (Å²) in [6, 6.07) is 0.720. The summed E-state index contributed by atoms with van der Waals surface area (Å²) in [6.45, 7) is 3.74. The standard InChI is InChI=1S/C25H39N7O8/c1-13(2)10-18(31-21(36)16(26)12-20(34)35)22(37)32-19(11-14-5-7-15(33)8-6-14)23(38)30-17(24(39)40)4-3-9-29-25(27)28/h5-8,13,16-19,33H,3-4,9-12,26H2,1-2H3,(H,30,38)(H,31,36)(H,32,37)(H,34,35)(H,39,40)(H4,27,28,29). The molecule has 222 valence electrons. The van der Waals surface area contributed by atoms with Crippen molar-refractivity contribution >= 4 is 35.6 Å². The number of phenols is 1. The Bertz CT molecular complexity index is 1060. The van der Waals surface area contributed by atoms with Gasteiger partial charge in [0.15, 0.2) is 5.96 Å². The highest BCUT2D eigenvalue weighted by molar-refractivity contribution is 5.94. The molecule has 12 N–H and O–H groups in total.